The minimum absolute atomic E-state index is 0.0648. The molecule has 2 aromatic rings. The summed E-state index contributed by atoms with van der Waals surface area (Å²) >= 11 is 0. The fourth-order valence-electron chi connectivity index (χ4n) is 2.32. The minimum atomic E-state index is -3.23. The van der Waals surface area contributed by atoms with Gasteiger partial charge in [-0.05, 0) is 38.5 Å². The van der Waals surface area contributed by atoms with E-state index in [-0.39, 0.29) is 17.8 Å². The van der Waals surface area contributed by atoms with Crippen molar-refractivity contribution in [2.75, 3.05) is 10.5 Å². The van der Waals surface area contributed by atoms with Gasteiger partial charge in [0.1, 0.15) is 0 Å². The van der Waals surface area contributed by atoms with Gasteiger partial charge in [0.25, 0.3) is 0 Å². The summed E-state index contributed by atoms with van der Waals surface area (Å²) in [5, 5.41) is 7.70. The summed E-state index contributed by atoms with van der Waals surface area (Å²) in [6.07, 6.45) is 3.85. The molecule has 1 aromatic carbocycles. The van der Waals surface area contributed by atoms with Crippen molar-refractivity contribution in [1.29, 1.82) is 0 Å². The fraction of sp³-hybridized carbons (Fsp3) is 0.438. The van der Waals surface area contributed by atoms with Gasteiger partial charge in [-0.3, -0.25) is 9.40 Å². The van der Waals surface area contributed by atoms with E-state index in [1.807, 2.05) is 31.6 Å². The lowest BCUT2D eigenvalue weighted by atomic mass is 10.1. The summed E-state index contributed by atoms with van der Waals surface area (Å²) < 4.78 is 27.4. The van der Waals surface area contributed by atoms with Crippen molar-refractivity contribution in [1.82, 2.24) is 15.1 Å². The monoisotopic (exact) mass is 336 g/mol. The predicted octanol–water partition coefficient (Wildman–Crippen LogP) is 2.59. The van der Waals surface area contributed by atoms with Crippen LogP contribution in [0.25, 0.3) is 0 Å². The molecule has 0 saturated heterocycles. The summed E-state index contributed by atoms with van der Waals surface area (Å²) in [4.78, 5) is 0. The molecule has 126 valence electrons. The lowest BCUT2D eigenvalue weighted by molar-refractivity contribution is 0.494. The van der Waals surface area contributed by atoms with Crippen molar-refractivity contribution in [3.05, 3.63) is 47.8 Å². The highest BCUT2D eigenvalue weighted by atomic mass is 32.2. The SMILES string of the molecule is CCS(=O)(=O)Nc1ccc(C(C)NC(C)c2cnn(C)c2)cc1. The van der Waals surface area contributed by atoms with Gasteiger partial charge in [0.2, 0.25) is 10.0 Å². The molecule has 0 fully saturated rings. The van der Waals surface area contributed by atoms with Crippen LogP contribution < -0.4 is 10.0 Å². The van der Waals surface area contributed by atoms with Crippen LogP contribution in [0.2, 0.25) is 0 Å². The molecular weight excluding hydrogens is 312 g/mol. The number of nitrogens with zero attached hydrogens (tertiary/aromatic N) is 2. The molecule has 2 atom stereocenters. The van der Waals surface area contributed by atoms with Crippen LogP contribution in [-0.4, -0.2) is 24.0 Å². The van der Waals surface area contributed by atoms with E-state index < -0.39 is 10.0 Å². The Morgan fingerprint density at radius 3 is 2.26 bits per heavy atom. The maximum absolute atomic E-state index is 11.6. The fourth-order valence-corrected chi connectivity index (χ4v) is 2.96. The normalized spacial score (nSPS) is 14.4. The zero-order valence-electron chi connectivity index (χ0n) is 13.9. The molecule has 0 spiro atoms. The number of aryl methyl sites for hydroxylation is 1. The molecule has 6 nitrogen and oxygen atoms in total. The van der Waals surface area contributed by atoms with Gasteiger partial charge in [-0.15, -0.1) is 0 Å². The molecule has 7 heteroatoms. The van der Waals surface area contributed by atoms with Gasteiger partial charge in [0.15, 0.2) is 0 Å². The highest BCUT2D eigenvalue weighted by Gasteiger charge is 2.13. The molecule has 0 radical (unpaired) electrons. The first-order chi connectivity index (χ1) is 10.8. The number of nitrogens with one attached hydrogen (secondary N) is 2. The van der Waals surface area contributed by atoms with Gasteiger partial charge >= 0.3 is 0 Å². The number of hydrogen-bond donors (Lipinski definition) is 2. The summed E-state index contributed by atoms with van der Waals surface area (Å²) in [6.45, 7) is 5.79. The van der Waals surface area contributed by atoms with Crippen LogP contribution in [0.3, 0.4) is 0 Å². The van der Waals surface area contributed by atoms with E-state index in [2.05, 4.69) is 29.0 Å². The quantitative estimate of drug-likeness (QED) is 0.815. The average molecular weight is 336 g/mol. The van der Waals surface area contributed by atoms with Crippen LogP contribution in [0.15, 0.2) is 36.7 Å². The molecule has 1 aromatic heterocycles. The van der Waals surface area contributed by atoms with Crippen molar-refractivity contribution in [2.24, 2.45) is 7.05 Å². The molecule has 1 heterocycles. The van der Waals surface area contributed by atoms with Crippen LogP contribution in [0, 0.1) is 0 Å². The van der Waals surface area contributed by atoms with E-state index in [0.717, 1.165) is 11.1 Å². The van der Waals surface area contributed by atoms with Crippen molar-refractivity contribution in [3.63, 3.8) is 0 Å². The number of rotatable bonds is 7. The second-order valence-corrected chi connectivity index (χ2v) is 7.70. The molecule has 23 heavy (non-hydrogen) atoms. The summed E-state index contributed by atoms with van der Waals surface area (Å²) in [5.41, 5.74) is 2.81. The number of aromatic nitrogens is 2. The molecule has 0 bridgehead atoms. The minimum Gasteiger partial charge on any atom is -0.304 e. The van der Waals surface area contributed by atoms with Gasteiger partial charge in [0, 0.05) is 36.6 Å². The van der Waals surface area contributed by atoms with Crippen molar-refractivity contribution < 1.29 is 8.42 Å². The Kier molecular flexibility index (Phi) is 5.43. The third-order valence-electron chi connectivity index (χ3n) is 3.79. The smallest absolute Gasteiger partial charge is 0.232 e. The average Bonchev–Trinajstić information content (AvgIpc) is 2.94. The predicted molar refractivity (Wildman–Crippen MR) is 92.7 cm³/mol. The van der Waals surface area contributed by atoms with Crippen molar-refractivity contribution >= 4 is 15.7 Å². The molecule has 0 saturated carbocycles. The van der Waals surface area contributed by atoms with Crippen LogP contribution in [-0.2, 0) is 17.1 Å². The summed E-state index contributed by atoms with van der Waals surface area (Å²) in [5.74, 6) is 0.0648. The maximum atomic E-state index is 11.6. The summed E-state index contributed by atoms with van der Waals surface area (Å²) in [6, 6.07) is 7.76. The lowest BCUT2D eigenvalue weighted by Gasteiger charge is -2.20. The molecule has 2 N–H and O–H groups in total. The van der Waals surface area contributed by atoms with E-state index >= 15 is 0 Å². The largest absolute Gasteiger partial charge is 0.304 e. The van der Waals surface area contributed by atoms with Gasteiger partial charge in [-0.2, -0.15) is 5.10 Å². The molecule has 0 aliphatic carbocycles. The van der Waals surface area contributed by atoms with Crippen LogP contribution >= 0.6 is 0 Å². The Labute approximate surface area is 138 Å². The second-order valence-electron chi connectivity index (χ2n) is 5.68. The first-order valence-electron chi connectivity index (χ1n) is 7.65. The van der Waals surface area contributed by atoms with Crippen LogP contribution in [0.5, 0.6) is 0 Å². The number of sulfonamides is 1. The van der Waals surface area contributed by atoms with E-state index in [0.29, 0.717) is 5.69 Å². The van der Waals surface area contributed by atoms with Crippen LogP contribution in [0.4, 0.5) is 5.69 Å². The van der Waals surface area contributed by atoms with Crippen LogP contribution in [0.1, 0.15) is 44.0 Å². The first-order valence-corrected chi connectivity index (χ1v) is 9.31. The highest BCUT2D eigenvalue weighted by Crippen LogP contribution is 2.21. The molecule has 2 unspecified atom stereocenters. The standard InChI is InChI=1S/C16H24N4O2S/c1-5-23(21,22)19-16-8-6-14(7-9-16)12(2)18-13(3)15-10-17-20(4)11-15/h6-13,18-19H,5H2,1-4H3. The zero-order chi connectivity index (χ0) is 17.0. The lowest BCUT2D eigenvalue weighted by Crippen LogP contribution is -2.22. The maximum Gasteiger partial charge on any atom is 0.232 e. The van der Waals surface area contributed by atoms with Gasteiger partial charge < -0.3 is 5.32 Å². The Morgan fingerprint density at radius 2 is 1.74 bits per heavy atom. The van der Waals surface area contributed by atoms with Crippen molar-refractivity contribution in [2.45, 2.75) is 32.9 Å². The molecular formula is C16H24N4O2S. The number of benzene rings is 1. The van der Waals surface area contributed by atoms with E-state index in [1.165, 1.54) is 0 Å². The van der Waals surface area contributed by atoms with E-state index in [1.54, 1.807) is 23.7 Å². The van der Waals surface area contributed by atoms with Gasteiger partial charge in [0.05, 0.1) is 11.9 Å². The van der Waals surface area contributed by atoms with Crippen molar-refractivity contribution in [3.8, 4) is 0 Å². The molecule has 0 amide bonds. The summed E-state index contributed by atoms with van der Waals surface area (Å²) in [7, 11) is -1.33. The number of anilines is 1. The topological polar surface area (TPSA) is 76.0 Å². The van der Waals surface area contributed by atoms with Gasteiger partial charge in [-0.25, -0.2) is 8.42 Å². The first kappa shape index (κ1) is 17.5. The zero-order valence-corrected chi connectivity index (χ0v) is 14.8. The number of hydrogen-bond acceptors (Lipinski definition) is 4. The van der Waals surface area contributed by atoms with Gasteiger partial charge in [-0.1, -0.05) is 12.1 Å². The molecule has 0 aliphatic heterocycles. The molecule has 2 rings (SSSR count). The highest BCUT2D eigenvalue weighted by molar-refractivity contribution is 7.92. The third kappa shape index (κ3) is 4.80. The Hall–Kier alpha value is -1.86. The Morgan fingerprint density at radius 1 is 1.13 bits per heavy atom. The van der Waals surface area contributed by atoms with E-state index in [9.17, 15) is 8.42 Å². The molecule has 0 aliphatic rings. The Bertz CT molecular complexity index is 738. The second kappa shape index (κ2) is 7.14. The third-order valence-corrected chi connectivity index (χ3v) is 5.10. The van der Waals surface area contributed by atoms with E-state index in [4.69, 9.17) is 0 Å². The Balaban J connectivity index is 2.01.